The van der Waals surface area contributed by atoms with Crippen LogP contribution in [0.2, 0.25) is 0 Å². The van der Waals surface area contributed by atoms with Crippen molar-refractivity contribution < 1.29 is 52.1 Å². The normalized spacial score (nSPS) is 27.8. The summed E-state index contributed by atoms with van der Waals surface area (Å²) < 4.78 is 74.4. The Labute approximate surface area is 385 Å². The van der Waals surface area contributed by atoms with E-state index >= 15 is 0 Å². The van der Waals surface area contributed by atoms with Gasteiger partial charge in [-0.1, -0.05) is 158 Å². The molecule has 9 rings (SSSR count). The van der Waals surface area contributed by atoms with Crippen molar-refractivity contribution in [1.29, 1.82) is 0 Å². The van der Waals surface area contributed by atoms with Crippen molar-refractivity contribution >= 4 is 11.3 Å². The standard InChI is InChI=1S/C53H56O11S/c1-54-52-50(48(58-33-40-24-13-5-14-25-40)46-44(61-52)36-60-51(63-46)41-26-15-6-16-27-41)64-53-49(59-34-42-28-17-29-65-42)47(57-32-39-22-11-4-12-23-39)45(56-31-38-20-9-3-10-21-38)43(62-53)35-55-30-37-18-7-2-8-19-37/h2-29,43-53H,30-36H2,1H3/t43-,44-,45-,46-,47+,48+,49-,50+,51-,52+,53-/m1/s1. The average molecular weight is 901 g/mol. The van der Waals surface area contributed by atoms with Crippen molar-refractivity contribution in [3.63, 3.8) is 0 Å². The maximum Gasteiger partial charge on any atom is 0.187 e. The zero-order valence-electron chi connectivity index (χ0n) is 36.4. The molecular weight excluding hydrogens is 845 g/mol. The van der Waals surface area contributed by atoms with Gasteiger partial charge in [0, 0.05) is 17.6 Å². The molecule has 340 valence electrons. The maximum atomic E-state index is 7.27. The zero-order chi connectivity index (χ0) is 44.0. The molecule has 3 fully saturated rings. The number of hydrogen-bond donors (Lipinski definition) is 0. The Morgan fingerprint density at radius 2 is 1.03 bits per heavy atom. The minimum Gasteiger partial charge on any atom is -0.374 e. The number of hydrogen-bond acceptors (Lipinski definition) is 12. The molecule has 0 aliphatic carbocycles. The summed E-state index contributed by atoms with van der Waals surface area (Å²) in [5.74, 6) is 0. The lowest BCUT2D eigenvalue weighted by atomic mass is 9.95. The quantitative estimate of drug-likeness (QED) is 0.0734. The molecule has 5 aromatic carbocycles. The van der Waals surface area contributed by atoms with E-state index in [1.807, 2.05) is 169 Å². The van der Waals surface area contributed by atoms with Crippen molar-refractivity contribution in [2.75, 3.05) is 20.3 Å². The Morgan fingerprint density at radius 3 is 1.60 bits per heavy atom. The molecule has 3 saturated heterocycles. The summed E-state index contributed by atoms with van der Waals surface area (Å²) in [6, 6.07) is 54.1. The Balaban J connectivity index is 1.07. The third kappa shape index (κ3) is 12.0. The van der Waals surface area contributed by atoms with Crippen LogP contribution in [0.15, 0.2) is 169 Å². The lowest BCUT2D eigenvalue weighted by Crippen LogP contribution is -2.67. The maximum absolute atomic E-state index is 7.27. The molecule has 0 amide bonds. The first kappa shape index (κ1) is 45.5. The molecular formula is C53H56O11S. The minimum absolute atomic E-state index is 0.170. The second-order valence-electron chi connectivity index (χ2n) is 16.2. The van der Waals surface area contributed by atoms with E-state index in [1.165, 1.54) is 0 Å². The summed E-state index contributed by atoms with van der Waals surface area (Å²) in [6.45, 7) is 1.95. The van der Waals surface area contributed by atoms with Gasteiger partial charge in [-0.3, -0.25) is 0 Å². The minimum atomic E-state index is -1.05. The van der Waals surface area contributed by atoms with Gasteiger partial charge in [-0.25, -0.2) is 0 Å². The summed E-state index contributed by atoms with van der Waals surface area (Å²) in [6.07, 6.45) is -8.15. The fourth-order valence-electron chi connectivity index (χ4n) is 8.43. The molecule has 3 aliphatic heterocycles. The van der Waals surface area contributed by atoms with Crippen molar-refractivity contribution in [3.05, 3.63) is 202 Å². The average Bonchev–Trinajstić information content (AvgIpc) is 3.90. The van der Waals surface area contributed by atoms with Crippen LogP contribution in [0.4, 0.5) is 0 Å². The third-order valence-electron chi connectivity index (χ3n) is 11.7. The topological polar surface area (TPSA) is 102 Å². The van der Waals surface area contributed by atoms with Crippen LogP contribution in [0.5, 0.6) is 0 Å². The number of rotatable bonds is 20. The van der Waals surface area contributed by atoms with Crippen LogP contribution >= 0.6 is 11.3 Å². The number of thiophene rings is 1. The second-order valence-corrected chi connectivity index (χ2v) is 17.3. The van der Waals surface area contributed by atoms with Crippen LogP contribution in [0.1, 0.15) is 39.0 Å². The van der Waals surface area contributed by atoms with Gasteiger partial charge in [-0.15, -0.1) is 11.3 Å². The number of fused-ring (bicyclic) bond motifs is 1. The molecule has 11 nitrogen and oxygen atoms in total. The van der Waals surface area contributed by atoms with Gasteiger partial charge in [-0.2, -0.15) is 0 Å². The van der Waals surface area contributed by atoms with Gasteiger partial charge in [0.25, 0.3) is 0 Å². The Morgan fingerprint density at radius 1 is 0.492 bits per heavy atom. The van der Waals surface area contributed by atoms with E-state index < -0.39 is 67.7 Å². The molecule has 0 N–H and O–H groups in total. The molecule has 4 heterocycles. The largest absolute Gasteiger partial charge is 0.374 e. The van der Waals surface area contributed by atoms with Crippen molar-refractivity contribution in [3.8, 4) is 0 Å². The molecule has 0 spiro atoms. The van der Waals surface area contributed by atoms with Crippen LogP contribution in [-0.4, -0.2) is 81.7 Å². The third-order valence-corrected chi connectivity index (χ3v) is 12.6. The molecule has 65 heavy (non-hydrogen) atoms. The van der Waals surface area contributed by atoms with Gasteiger partial charge >= 0.3 is 0 Å². The Bertz CT molecular complexity index is 2240. The molecule has 0 saturated carbocycles. The fraction of sp³-hybridized carbons (Fsp3) is 0.358. The van der Waals surface area contributed by atoms with E-state index in [0.29, 0.717) is 13.2 Å². The highest BCUT2D eigenvalue weighted by Gasteiger charge is 2.56. The molecule has 1 aromatic heterocycles. The first-order valence-electron chi connectivity index (χ1n) is 22.2. The van der Waals surface area contributed by atoms with Crippen LogP contribution in [-0.2, 0) is 85.1 Å². The highest BCUT2D eigenvalue weighted by atomic mass is 32.1. The summed E-state index contributed by atoms with van der Waals surface area (Å²) in [5.41, 5.74) is 4.91. The van der Waals surface area contributed by atoms with E-state index in [9.17, 15) is 0 Å². The van der Waals surface area contributed by atoms with Crippen LogP contribution in [0.3, 0.4) is 0 Å². The molecule has 3 aliphatic rings. The Kier molecular flexibility index (Phi) is 16.2. The zero-order valence-corrected chi connectivity index (χ0v) is 37.2. The lowest BCUT2D eigenvalue weighted by molar-refractivity contribution is -0.400. The lowest BCUT2D eigenvalue weighted by Gasteiger charge is -2.51. The number of ether oxygens (including phenoxy) is 11. The Hall–Kier alpha value is -4.64. The SMILES string of the molecule is CO[C@H]1O[C@@H]2CO[C@@H](c3ccccc3)O[C@H]2[C@H](OCc2ccccc2)[C@@H]1O[C@H]1O[C@H](COCc2ccccc2)[C@@H](OCc2ccccc2)[C@H](OCc2ccccc2)[C@H]1OCc1cccs1. The van der Waals surface area contributed by atoms with E-state index in [1.54, 1.807) is 18.4 Å². The molecule has 12 heteroatoms. The fourth-order valence-corrected chi connectivity index (χ4v) is 9.06. The summed E-state index contributed by atoms with van der Waals surface area (Å²) in [7, 11) is 1.60. The number of methoxy groups -OCH3 is 1. The molecule has 0 bridgehead atoms. The van der Waals surface area contributed by atoms with Gasteiger partial charge in [-0.05, 0) is 33.7 Å². The van der Waals surface area contributed by atoms with Gasteiger partial charge < -0.3 is 52.1 Å². The van der Waals surface area contributed by atoms with Crippen LogP contribution in [0, 0.1) is 0 Å². The highest BCUT2D eigenvalue weighted by Crippen LogP contribution is 2.40. The summed E-state index contributed by atoms with van der Waals surface area (Å²) in [4.78, 5) is 1.03. The molecule has 6 aromatic rings. The predicted octanol–water partition coefficient (Wildman–Crippen LogP) is 9.20. The molecule has 0 radical (unpaired) electrons. The van der Waals surface area contributed by atoms with E-state index in [0.717, 1.165) is 32.7 Å². The van der Waals surface area contributed by atoms with Gasteiger partial charge in [0.05, 0.1) is 46.2 Å². The van der Waals surface area contributed by atoms with Gasteiger partial charge in [0.1, 0.15) is 48.8 Å². The van der Waals surface area contributed by atoms with Crippen LogP contribution < -0.4 is 0 Å². The highest BCUT2D eigenvalue weighted by molar-refractivity contribution is 7.09. The first-order chi connectivity index (χ1) is 32.2. The monoisotopic (exact) mass is 900 g/mol. The summed E-state index contributed by atoms with van der Waals surface area (Å²) in [5, 5.41) is 2.03. The smallest absolute Gasteiger partial charge is 0.187 e. The van der Waals surface area contributed by atoms with E-state index in [-0.39, 0.29) is 33.0 Å². The van der Waals surface area contributed by atoms with Crippen molar-refractivity contribution in [2.45, 2.75) is 101 Å². The predicted molar refractivity (Wildman–Crippen MR) is 243 cm³/mol. The van der Waals surface area contributed by atoms with E-state index in [2.05, 4.69) is 0 Å². The summed E-state index contributed by atoms with van der Waals surface area (Å²) >= 11 is 1.61. The van der Waals surface area contributed by atoms with E-state index in [4.69, 9.17) is 52.1 Å². The van der Waals surface area contributed by atoms with Crippen LogP contribution in [0.25, 0.3) is 0 Å². The van der Waals surface area contributed by atoms with Gasteiger partial charge in [0.2, 0.25) is 0 Å². The molecule has 0 unspecified atom stereocenters. The first-order valence-corrected chi connectivity index (χ1v) is 23.1. The molecule has 11 atom stereocenters. The number of benzene rings is 5. The second kappa shape index (κ2) is 23.2. The van der Waals surface area contributed by atoms with Gasteiger partial charge in [0.15, 0.2) is 18.9 Å². The van der Waals surface area contributed by atoms with Crippen molar-refractivity contribution in [2.24, 2.45) is 0 Å². The van der Waals surface area contributed by atoms with Crippen molar-refractivity contribution in [1.82, 2.24) is 0 Å².